The van der Waals surface area contributed by atoms with Crippen LogP contribution in [0.4, 0.5) is 0 Å². The van der Waals surface area contributed by atoms with Crippen LogP contribution in [0, 0.1) is 0 Å². The summed E-state index contributed by atoms with van der Waals surface area (Å²) in [6, 6.07) is 20.3. The third-order valence-corrected chi connectivity index (χ3v) is 15.9. The first kappa shape index (κ1) is 30.9. The van der Waals surface area contributed by atoms with E-state index in [2.05, 4.69) is 24.3 Å². The molecule has 1 atom stereocenters. The fraction of sp³-hybridized carbons (Fsp3) is 0.471. The lowest BCUT2D eigenvalue weighted by Gasteiger charge is -2.50. The normalized spacial score (nSPS) is 21.6. The molecule has 0 unspecified atom stereocenters. The summed E-state index contributed by atoms with van der Waals surface area (Å²) in [4.78, 5) is -0.145. The quantitative estimate of drug-likeness (QED) is 0.179. The lowest BCUT2D eigenvalue weighted by atomic mass is 9.89. The van der Waals surface area contributed by atoms with E-state index in [1.807, 2.05) is 6.07 Å². The summed E-state index contributed by atoms with van der Waals surface area (Å²) in [6.45, 7) is 0. The highest BCUT2D eigenvalue weighted by Crippen LogP contribution is 2.75. The van der Waals surface area contributed by atoms with Crippen molar-refractivity contribution >= 4 is 28.2 Å². The monoisotopic (exact) mass is 640 g/mol. The van der Waals surface area contributed by atoms with Crippen LogP contribution in [0.2, 0.25) is 0 Å². The molecule has 2 fully saturated rings. The van der Waals surface area contributed by atoms with E-state index in [4.69, 9.17) is 0 Å². The second kappa shape index (κ2) is 12.4. The Labute approximate surface area is 257 Å². The van der Waals surface area contributed by atoms with Crippen LogP contribution in [0.25, 0.3) is 11.1 Å². The minimum atomic E-state index is -4.38. The predicted molar refractivity (Wildman–Crippen MR) is 172 cm³/mol. The second-order valence-electron chi connectivity index (χ2n) is 12.6. The largest absolute Gasteiger partial charge is 0.294 e. The van der Waals surface area contributed by atoms with Gasteiger partial charge < -0.3 is 0 Å². The van der Waals surface area contributed by atoms with Crippen molar-refractivity contribution in [2.24, 2.45) is 0 Å². The highest BCUT2D eigenvalue weighted by atomic mass is 32.2. The molecule has 0 heterocycles. The summed E-state index contributed by atoms with van der Waals surface area (Å²) in [5, 5.41) is -0.333. The maximum absolute atomic E-state index is 12.5. The third-order valence-electron chi connectivity index (χ3n) is 10.00. The van der Waals surface area contributed by atoms with Gasteiger partial charge in [-0.15, -0.1) is 0 Å². The summed E-state index contributed by atoms with van der Waals surface area (Å²) < 4.78 is 67.7. The molecule has 3 aliphatic rings. The second-order valence-corrected chi connectivity index (χ2v) is 18.4. The summed E-state index contributed by atoms with van der Waals surface area (Å²) >= 11 is 0. The number of hydrogen-bond acceptors (Lipinski definition) is 4. The number of hydrogen-bond donors (Lipinski definition) is 2. The van der Waals surface area contributed by atoms with Gasteiger partial charge in [0.05, 0.1) is 9.79 Å². The Morgan fingerprint density at radius 1 is 0.651 bits per heavy atom. The molecule has 0 amide bonds. The van der Waals surface area contributed by atoms with Gasteiger partial charge in [0, 0.05) is 5.16 Å². The standard InChI is InChI=1S/C34H41O6PS2/c35-42(36,37)28-19-17-25(18-20-28)10-9-23-34(41(26-11-3-1-4-12-26)27-13-5-2-6-14-27)32-16-8-7-15-30(32)31-22-21-29(24-33(31)34)43(38,39)40/h7-8,15-22,24,26-27H,1-6,9-14,23H2,(H,35,36,37)(H,38,39,40)/t34-/m0/s1. The van der Waals surface area contributed by atoms with Gasteiger partial charge in [0.25, 0.3) is 20.2 Å². The molecule has 0 aliphatic heterocycles. The molecule has 0 spiro atoms. The van der Waals surface area contributed by atoms with Gasteiger partial charge in [0.15, 0.2) is 0 Å². The van der Waals surface area contributed by atoms with E-state index < -0.39 is 28.2 Å². The van der Waals surface area contributed by atoms with Gasteiger partial charge in [-0.05, 0) is 108 Å². The number of aryl methyl sites for hydroxylation is 1. The topological polar surface area (TPSA) is 109 Å². The Kier molecular flexibility index (Phi) is 8.89. The zero-order valence-corrected chi connectivity index (χ0v) is 27.0. The van der Waals surface area contributed by atoms with Crippen LogP contribution in [0.5, 0.6) is 0 Å². The lowest BCUT2D eigenvalue weighted by Crippen LogP contribution is -2.35. The first-order chi connectivity index (χ1) is 20.6. The summed E-state index contributed by atoms with van der Waals surface area (Å²) in [5.41, 5.74) is 6.84. The van der Waals surface area contributed by atoms with Crippen molar-refractivity contribution < 1.29 is 25.9 Å². The van der Waals surface area contributed by atoms with E-state index >= 15 is 0 Å². The molecule has 3 aliphatic carbocycles. The maximum atomic E-state index is 12.5. The van der Waals surface area contributed by atoms with E-state index in [-0.39, 0.29) is 14.9 Å². The zero-order chi connectivity index (χ0) is 30.2. The Morgan fingerprint density at radius 3 is 1.77 bits per heavy atom. The molecule has 0 radical (unpaired) electrons. The van der Waals surface area contributed by atoms with Crippen LogP contribution in [0.15, 0.2) is 76.5 Å². The van der Waals surface area contributed by atoms with Crippen molar-refractivity contribution in [2.75, 3.05) is 0 Å². The SMILES string of the molecule is O=S(=O)(O)c1ccc(CCC[C@]2(P(C3CCCCC3)C3CCCCC3)c3ccccc3-c3ccc(S(=O)(=O)O)cc32)cc1. The van der Waals surface area contributed by atoms with Gasteiger partial charge in [0.1, 0.15) is 0 Å². The summed E-state index contributed by atoms with van der Waals surface area (Å²) in [5.74, 6) is 0. The molecule has 9 heteroatoms. The van der Waals surface area contributed by atoms with Gasteiger partial charge in [-0.3, -0.25) is 9.11 Å². The number of fused-ring (bicyclic) bond motifs is 3. The number of rotatable bonds is 9. The molecule has 3 aromatic carbocycles. The van der Waals surface area contributed by atoms with E-state index in [0.717, 1.165) is 36.0 Å². The van der Waals surface area contributed by atoms with Crippen molar-refractivity contribution in [3.05, 3.63) is 83.4 Å². The smallest absolute Gasteiger partial charge is 0.282 e. The van der Waals surface area contributed by atoms with Gasteiger partial charge >= 0.3 is 0 Å². The molecule has 2 saturated carbocycles. The van der Waals surface area contributed by atoms with E-state index in [0.29, 0.717) is 11.3 Å². The van der Waals surface area contributed by atoms with Gasteiger partial charge in [0.2, 0.25) is 0 Å². The molecule has 6 rings (SSSR count). The molecule has 3 aromatic rings. The van der Waals surface area contributed by atoms with Crippen molar-refractivity contribution in [1.29, 1.82) is 0 Å². The first-order valence-electron chi connectivity index (χ1n) is 15.7. The van der Waals surface area contributed by atoms with Crippen LogP contribution in [0.1, 0.15) is 93.7 Å². The summed E-state index contributed by atoms with van der Waals surface area (Å²) in [7, 11) is -9.22. The molecule has 230 valence electrons. The minimum Gasteiger partial charge on any atom is -0.282 e. The Hall–Kier alpha value is -2.09. The van der Waals surface area contributed by atoms with Gasteiger partial charge in [-0.1, -0.05) is 88.9 Å². The molecule has 43 heavy (non-hydrogen) atoms. The molecule has 0 aromatic heterocycles. The third kappa shape index (κ3) is 6.11. The van der Waals surface area contributed by atoms with Gasteiger partial charge in [-0.2, -0.15) is 16.8 Å². The highest BCUT2D eigenvalue weighted by molar-refractivity contribution is 7.86. The molecular weight excluding hydrogens is 599 g/mol. The van der Waals surface area contributed by atoms with Crippen molar-refractivity contribution in [1.82, 2.24) is 0 Å². The zero-order valence-electron chi connectivity index (χ0n) is 24.5. The van der Waals surface area contributed by atoms with Crippen molar-refractivity contribution in [3.8, 4) is 11.1 Å². The van der Waals surface area contributed by atoms with Crippen LogP contribution < -0.4 is 0 Å². The fourth-order valence-electron chi connectivity index (χ4n) is 8.18. The molecule has 0 bridgehead atoms. The van der Waals surface area contributed by atoms with Crippen LogP contribution in [-0.4, -0.2) is 37.3 Å². The average Bonchev–Trinajstić information content (AvgIpc) is 3.27. The molecule has 6 nitrogen and oxygen atoms in total. The predicted octanol–water partition coefficient (Wildman–Crippen LogP) is 8.57. The molecular formula is C34H41O6PS2. The molecule has 2 N–H and O–H groups in total. The molecule has 0 saturated heterocycles. The minimum absolute atomic E-state index is 0.0357. The highest BCUT2D eigenvalue weighted by Gasteiger charge is 2.53. The van der Waals surface area contributed by atoms with Gasteiger partial charge in [-0.25, -0.2) is 0 Å². The van der Waals surface area contributed by atoms with E-state index in [1.165, 1.54) is 87.5 Å². The Morgan fingerprint density at radius 2 is 1.19 bits per heavy atom. The fourth-order valence-corrected chi connectivity index (χ4v) is 14.2. The Bertz CT molecular complexity index is 1660. The van der Waals surface area contributed by atoms with Crippen LogP contribution >= 0.6 is 7.92 Å². The Balaban J connectivity index is 1.49. The van der Waals surface area contributed by atoms with Crippen molar-refractivity contribution in [2.45, 2.75) is 110 Å². The summed E-state index contributed by atoms with van der Waals surface area (Å²) in [6.07, 6.45) is 14.8. The number of benzene rings is 3. The first-order valence-corrected chi connectivity index (χ1v) is 20.0. The van der Waals surface area contributed by atoms with E-state index in [1.54, 1.807) is 24.3 Å². The maximum Gasteiger partial charge on any atom is 0.294 e. The lowest BCUT2D eigenvalue weighted by molar-refractivity contribution is 0.469. The van der Waals surface area contributed by atoms with Crippen LogP contribution in [-0.2, 0) is 31.8 Å². The van der Waals surface area contributed by atoms with Crippen molar-refractivity contribution in [3.63, 3.8) is 0 Å². The van der Waals surface area contributed by atoms with Crippen LogP contribution in [0.3, 0.4) is 0 Å². The average molecular weight is 641 g/mol. The van der Waals surface area contributed by atoms with E-state index in [9.17, 15) is 25.9 Å².